The van der Waals surface area contributed by atoms with Crippen LogP contribution in [-0.4, -0.2) is 48.0 Å². The Kier molecular flexibility index (Phi) is 4.55. The predicted octanol–water partition coefficient (Wildman–Crippen LogP) is 3.40. The highest BCUT2D eigenvalue weighted by atomic mass is 19.3. The zero-order chi connectivity index (χ0) is 19.8. The second-order valence-electron chi connectivity index (χ2n) is 7.10. The minimum atomic E-state index is -2.71. The summed E-state index contributed by atoms with van der Waals surface area (Å²) >= 11 is 0. The van der Waals surface area contributed by atoms with E-state index < -0.39 is 6.61 Å². The van der Waals surface area contributed by atoms with E-state index in [2.05, 4.69) is 30.2 Å². The summed E-state index contributed by atoms with van der Waals surface area (Å²) in [5.41, 5.74) is 3.36. The molecule has 4 aromatic heterocycles. The van der Waals surface area contributed by atoms with Gasteiger partial charge in [-0.25, -0.2) is 19.0 Å². The van der Waals surface area contributed by atoms with Crippen LogP contribution >= 0.6 is 0 Å². The van der Waals surface area contributed by atoms with Crippen LogP contribution in [0.3, 0.4) is 0 Å². The van der Waals surface area contributed by atoms with Crippen molar-refractivity contribution >= 4 is 17.1 Å². The number of aromatic nitrogens is 6. The molecule has 0 bridgehead atoms. The predicted molar refractivity (Wildman–Crippen MR) is 102 cm³/mol. The van der Waals surface area contributed by atoms with Crippen molar-refractivity contribution in [3.8, 4) is 11.3 Å². The van der Waals surface area contributed by atoms with E-state index in [1.165, 1.54) is 0 Å². The number of nitrogens with one attached hydrogen (secondary N) is 1. The molecule has 1 aliphatic carbocycles. The first-order chi connectivity index (χ1) is 14.2. The highest BCUT2D eigenvalue weighted by Gasteiger charge is 2.24. The Morgan fingerprint density at radius 1 is 1.00 bits per heavy atom. The molecule has 0 aliphatic heterocycles. The molecule has 29 heavy (non-hydrogen) atoms. The van der Waals surface area contributed by atoms with Crippen LogP contribution in [0.15, 0.2) is 43.0 Å². The Morgan fingerprint density at radius 2 is 1.86 bits per heavy atom. The standard InChI is InChI=1S/C19H19F2N7O/c20-18(21)29-13-3-1-12(2-4-13)24-19-23-11-16-14(7-9-27(16)26-19)15-5-6-17-22-8-10-28(17)25-15/h5-13,18H,1-4H2,(H,24,26)/t12-,13-. The van der Waals surface area contributed by atoms with Crippen LogP contribution in [0.5, 0.6) is 0 Å². The topological polar surface area (TPSA) is 81.6 Å². The van der Waals surface area contributed by atoms with E-state index in [1.807, 2.05) is 24.4 Å². The van der Waals surface area contributed by atoms with Crippen molar-refractivity contribution in [2.45, 2.75) is 44.4 Å². The van der Waals surface area contributed by atoms with E-state index in [1.54, 1.807) is 27.6 Å². The molecular formula is C19H19F2N7O. The summed E-state index contributed by atoms with van der Waals surface area (Å²) in [6.45, 7) is -2.71. The number of hydrogen-bond acceptors (Lipinski definition) is 6. The summed E-state index contributed by atoms with van der Waals surface area (Å²) in [5, 5.41) is 12.4. The number of anilines is 1. The van der Waals surface area contributed by atoms with Gasteiger partial charge in [0.15, 0.2) is 5.65 Å². The van der Waals surface area contributed by atoms with E-state index in [9.17, 15) is 8.78 Å². The van der Waals surface area contributed by atoms with Crippen molar-refractivity contribution in [1.82, 2.24) is 29.2 Å². The molecular weight excluding hydrogens is 380 g/mol. The highest BCUT2D eigenvalue weighted by Crippen LogP contribution is 2.26. The van der Waals surface area contributed by atoms with Crippen LogP contribution in [0.1, 0.15) is 25.7 Å². The summed E-state index contributed by atoms with van der Waals surface area (Å²) in [6.07, 6.45) is 9.44. The van der Waals surface area contributed by atoms with Crippen LogP contribution in [0.25, 0.3) is 22.4 Å². The summed E-state index contributed by atoms with van der Waals surface area (Å²) in [6, 6.07) is 5.93. The van der Waals surface area contributed by atoms with Gasteiger partial charge in [-0.2, -0.15) is 13.9 Å². The molecule has 4 aromatic rings. The minimum Gasteiger partial charge on any atom is -0.350 e. The highest BCUT2D eigenvalue weighted by molar-refractivity contribution is 5.78. The first-order valence-electron chi connectivity index (χ1n) is 9.51. The van der Waals surface area contributed by atoms with Crippen molar-refractivity contribution < 1.29 is 13.5 Å². The van der Waals surface area contributed by atoms with Crippen LogP contribution < -0.4 is 5.32 Å². The summed E-state index contributed by atoms with van der Waals surface area (Å²) in [7, 11) is 0. The van der Waals surface area contributed by atoms with Crippen molar-refractivity contribution in [2.75, 3.05) is 5.32 Å². The van der Waals surface area contributed by atoms with E-state index in [4.69, 9.17) is 0 Å². The fourth-order valence-electron chi connectivity index (χ4n) is 3.81. The van der Waals surface area contributed by atoms with Gasteiger partial charge >= 0.3 is 6.61 Å². The molecule has 0 unspecified atom stereocenters. The summed E-state index contributed by atoms with van der Waals surface area (Å²) in [5.74, 6) is 0.510. The van der Waals surface area contributed by atoms with Crippen LogP contribution in [-0.2, 0) is 4.74 Å². The van der Waals surface area contributed by atoms with Gasteiger partial charge in [-0.1, -0.05) is 0 Å². The molecule has 0 radical (unpaired) electrons. The Bertz CT molecular complexity index is 1130. The van der Waals surface area contributed by atoms with Gasteiger partial charge in [-0.15, -0.1) is 5.10 Å². The van der Waals surface area contributed by atoms with Gasteiger partial charge in [0.1, 0.15) is 0 Å². The zero-order valence-electron chi connectivity index (χ0n) is 15.4. The molecule has 0 atom stereocenters. The van der Waals surface area contributed by atoms with Gasteiger partial charge in [0.2, 0.25) is 5.95 Å². The molecule has 0 saturated heterocycles. The second-order valence-corrected chi connectivity index (χ2v) is 7.10. The lowest BCUT2D eigenvalue weighted by Gasteiger charge is -2.28. The normalized spacial score (nSPS) is 20.0. The van der Waals surface area contributed by atoms with Gasteiger partial charge in [0.25, 0.3) is 0 Å². The van der Waals surface area contributed by atoms with Gasteiger partial charge in [0, 0.05) is 30.2 Å². The maximum absolute atomic E-state index is 12.3. The third-order valence-electron chi connectivity index (χ3n) is 5.25. The molecule has 0 aromatic carbocycles. The summed E-state index contributed by atoms with van der Waals surface area (Å²) < 4.78 is 32.7. The molecule has 150 valence electrons. The number of rotatable bonds is 5. The van der Waals surface area contributed by atoms with Gasteiger partial charge in [0.05, 0.1) is 23.5 Å². The maximum atomic E-state index is 12.3. The SMILES string of the molecule is FC(F)O[C@H]1CC[C@H](Nc2ncc3c(-c4ccc5nccn5n4)ccn3n2)CC1. The van der Waals surface area contributed by atoms with Crippen LogP contribution in [0.2, 0.25) is 0 Å². The average Bonchev–Trinajstić information content (AvgIpc) is 3.35. The Labute approximate surface area is 164 Å². The number of fused-ring (bicyclic) bond motifs is 2. The maximum Gasteiger partial charge on any atom is 0.345 e. The minimum absolute atomic E-state index is 0.144. The molecule has 5 rings (SSSR count). The molecule has 1 aliphatic rings. The van der Waals surface area contributed by atoms with Gasteiger partial charge < -0.3 is 10.1 Å². The number of imidazole rings is 1. The second kappa shape index (κ2) is 7.36. The van der Waals surface area contributed by atoms with E-state index in [0.29, 0.717) is 18.8 Å². The summed E-state index contributed by atoms with van der Waals surface area (Å²) in [4.78, 5) is 8.64. The van der Waals surface area contributed by atoms with Crippen molar-refractivity contribution in [3.63, 3.8) is 0 Å². The molecule has 1 N–H and O–H groups in total. The average molecular weight is 399 g/mol. The largest absolute Gasteiger partial charge is 0.350 e. The molecule has 10 heteroatoms. The number of ether oxygens (including phenoxy) is 1. The van der Waals surface area contributed by atoms with E-state index in [-0.39, 0.29) is 12.1 Å². The fraction of sp³-hybridized carbons (Fsp3) is 0.368. The fourth-order valence-corrected chi connectivity index (χ4v) is 3.81. The molecule has 8 nitrogen and oxygen atoms in total. The number of alkyl halides is 2. The molecule has 0 amide bonds. The van der Waals surface area contributed by atoms with Crippen molar-refractivity contribution in [1.29, 1.82) is 0 Å². The Morgan fingerprint density at radius 3 is 2.69 bits per heavy atom. The van der Waals surface area contributed by atoms with Gasteiger partial charge in [-0.3, -0.25) is 0 Å². The molecule has 1 saturated carbocycles. The van der Waals surface area contributed by atoms with Crippen LogP contribution in [0.4, 0.5) is 14.7 Å². The third-order valence-corrected chi connectivity index (χ3v) is 5.25. The molecule has 0 spiro atoms. The van der Waals surface area contributed by atoms with E-state index >= 15 is 0 Å². The Hall–Kier alpha value is -3.14. The number of nitrogens with zero attached hydrogens (tertiary/aromatic N) is 6. The van der Waals surface area contributed by atoms with Crippen molar-refractivity contribution in [3.05, 3.63) is 43.0 Å². The number of hydrogen-bond donors (Lipinski definition) is 1. The Balaban J connectivity index is 1.32. The van der Waals surface area contributed by atoms with Crippen molar-refractivity contribution in [2.24, 2.45) is 0 Å². The zero-order valence-corrected chi connectivity index (χ0v) is 15.4. The van der Waals surface area contributed by atoms with Gasteiger partial charge in [-0.05, 0) is 43.9 Å². The molecule has 4 heterocycles. The smallest absolute Gasteiger partial charge is 0.345 e. The lowest BCUT2D eigenvalue weighted by atomic mass is 9.93. The lowest BCUT2D eigenvalue weighted by molar-refractivity contribution is -0.169. The third kappa shape index (κ3) is 3.63. The van der Waals surface area contributed by atoms with Crippen LogP contribution in [0, 0.1) is 0 Å². The quantitative estimate of drug-likeness (QED) is 0.554. The number of halogens is 2. The monoisotopic (exact) mass is 399 g/mol. The first kappa shape index (κ1) is 17.9. The first-order valence-corrected chi connectivity index (χ1v) is 9.51. The lowest BCUT2D eigenvalue weighted by Crippen LogP contribution is -2.31. The van der Waals surface area contributed by atoms with E-state index in [0.717, 1.165) is 35.3 Å². The molecule has 1 fully saturated rings.